The number of rotatable bonds is 0. The van der Waals surface area contributed by atoms with Crippen LogP contribution >= 0.6 is 0 Å². The molecule has 1 aromatic carbocycles. The Morgan fingerprint density at radius 3 is 1.64 bits per heavy atom. The molecule has 0 aliphatic rings. The van der Waals surface area contributed by atoms with Gasteiger partial charge in [0.25, 0.3) is 0 Å². The van der Waals surface area contributed by atoms with Gasteiger partial charge in [-0.15, -0.1) is 0 Å². The van der Waals surface area contributed by atoms with Gasteiger partial charge in [-0.05, 0) is 0 Å². The second kappa shape index (κ2) is 7.22. The summed E-state index contributed by atoms with van der Waals surface area (Å²) in [5, 5.41) is 0. The summed E-state index contributed by atoms with van der Waals surface area (Å²) in [6, 6.07) is 6.05. The zero-order valence-corrected chi connectivity index (χ0v) is 10.3. The van der Waals surface area contributed by atoms with E-state index in [0.717, 1.165) is 5.56 Å². The SMILES string of the molecule is O=S(=O)(O)O.[CH2-]c1ccc(F)cc1.[Na+]. The molecule has 0 aromatic heterocycles. The molecule has 0 aliphatic carbocycles. The summed E-state index contributed by atoms with van der Waals surface area (Å²) in [5.41, 5.74) is 0.839. The topological polar surface area (TPSA) is 74.6 Å². The van der Waals surface area contributed by atoms with Gasteiger partial charge in [-0.1, -0.05) is 12.1 Å². The average molecular weight is 230 g/mol. The van der Waals surface area contributed by atoms with Gasteiger partial charge in [-0.3, -0.25) is 9.11 Å². The standard InChI is InChI=1S/C7H6F.Na.H2O4S/c1-6-2-4-7(8)5-3-6;;1-5(2,3)4/h2-5H,1H2;;(H2,1,2,3,4)/q-1;+1;. The van der Waals surface area contributed by atoms with Gasteiger partial charge in [-0.25, -0.2) is 4.39 Å². The molecule has 0 heterocycles. The average Bonchev–Trinajstić information content (AvgIpc) is 1.92. The van der Waals surface area contributed by atoms with Gasteiger partial charge in [0.05, 0.1) is 5.82 Å². The third-order valence-electron chi connectivity index (χ3n) is 0.913. The van der Waals surface area contributed by atoms with Crippen molar-refractivity contribution in [1.82, 2.24) is 0 Å². The quantitative estimate of drug-likeness (QED) is 0.318. The first-order chi connectivity index (χ1) is 5.79. The van der Waals surface area contributed by atoms with Crippen LogP contribution in [0.1, 0.15) is 5.56 Å². The predicted molar refractivity (Wildman–Crippen MR) is 45.0 cm³/mol. The molecule has 0 aliphatic heterocycles. The fourth-order valence-corrected chi connectivity index (χ4v) is 0.484. The smallest absolute Gasteiger partial charge is 0.264 e. The maximum Gasteiger partial charge on any atom is 1.00 e. The Morgan fingerprint density at radius 2 is 1.43 bits per heavy atom. The van der Waals surface area contributed by atoms with Crippen molar-refractivity contribution < 1.29 is 51.5 Å². The minimum atomic E-state index is -4.67. The molecule has 0 spiro atoms. The van der Waals surface area contributed by atoms with E-state index in [-0.39, 0.29) is 35.4 Å². The van der Waals surface area contributed by atoms with Crippen LogP contribution in [-0.2, 0) is 10.4 Å². The molecule has 0 saturated carbocycles. The van der Waals surface area contributed by atoms with Gasteiger partial charge in [0, 0.05) is 0 Å². The fraction of sp³-hybridized carbons (Fsp3) is 0. The third kappa shape index (κ3) is 14.4. The first-order valence-corrected chi connectivity index (χ1v) is 4.46. The zero-order valence-electron chi connectivity index (χ0n) is 7.51. The summed E-state index contributed by atoms with van der Waals surface area (Å²) >= 11 is 0. The van der Waals surface area contributed by atoms with Crippen LogP contribution in [0.5, 0.6) is 0 Å². The number of halogens is 1. The normalized spacial score (nSPS) is 9.36. The molecule has 2 N–H and O–H groups in total. The van der Waals surface area contributed by atoms with Crippen molar-refractivity contribution in [3.05, 3.63) is 42.6 Å². The Hall–Kier alpha value is -0.110. The van der Waals surface area contributed by atoms with Crippen molar-refractivity contribution in [3.63, 3.8) is 0 Å². The number of benzene rings is 1. The van der Waals surface area contributed by atoms with E-state index in [1.165, 1.54) is 12.1 Å². The van der Waals surface area contributed by atoms with E-state index in [2.05, 4.69) is 6.92 Å². The summed E-state index contributed by atoms with van der Waals surface area (Å²) in [6.07, 6.45) is 0. The molecule has 14 heavy (non-hydrogen) atoms. The molecule has 0 radical (unpaired) electrons. The Kier molecular flexibility index (Phi) is 8.42. The van der Waals surface area contributed by atoms with Crippen molar-refractivity contribution in [2.45, 2.75) is 0 Å². The molecule has 4 nitrogen and oxygen atoms in total. The van der Waals surface area contributed by atoms with Crippen molar-refractivity contribution in [3.8, 4) is 0 Å². The van der Waals surface area contributed by atoms with Crippen LogP contribution in [0.25, 0.3) is 0 Å². The van der Waals surface area contributed by atoms with E-state index < -0.39 is 10.4 Å². The Morgan fingerprint density at radius 1 is 1.14 bits per heavy atom. The van der Waals surface area contributed by atoms with Gasteiger partial charge in [-0.2, -0.15) is 33.0 Å². The molecule has 0 unspecified atom stereocenters. The van der Waals surface area contributed by atoms with Crippen LogP contribution in [0.15, 0.2) is 24.3 Å². The molecule has 1 rings (SSSR count). The first-order valence-electron chi connectivity index (χ1n) is 3.06. The molecule has 0 bridgehead atoms. The summed E-state index contributed by atoms with van der Waals surface area (Å²) in [5.74, 6) is -0.211. The summed E-state index contributed by atoms with van der Waals surface area (Å²) in [6.45, 7) is 3.60. The maximum atomic E-state index is 12.1. The van der Waals surface area contributed by atoms with Crippen molar-refractivity contribution in [1.29, 1.82) is 0 Å². The van der Waals surface area contributed by atoms with Crippen LogP contribution in [0.2, 0.25) is 0 Å². The zero-order chi connectivity index (χ0) is 10.5. The predicted octanol–water partition coefficient (Wildman–Crippen LogP) is -1.64. The minimum Gasteiger partial charge on any atom is -0.264 e. The van der Waals surface area contributed by atoms with E-state index in [1.807, 2.05) is 0 Å². The van der Waals surface area contributed by atoms with E-state index in [9.17, 15) is 4.39 Å². The molecular weight excluding hydrogens is 222 g/mol. The molecular formula is C7H8FNaO4S. The second-order valence-electron chi connectivity index (χ2n) is 2.07. The first kappa shape index (κ1) is 16.3. The Labute approximate surface area is 104 Å². The van der Waals surface area contributed by atoms with Crippen molar-refractivity contribution in [2.24, 2.45) is 0 Å². The summed E-state index contributed by atoms with van der Waals surface area (Å²) < 4.78 is 43.6. The van der Waals surface area contributed by atoms with E-state index >= 15 is 0 Å². The van der Waals surface area contributed by atoms with Crippen LogP contribution in [-0.4, -0.2) is 17.5 Å². The van der Waals surface area contributed by atoms with Gasteiger partial charge < -0.3 is 0 Å². The molecule has 7 heteroatoms. The van der Waals surface area contributed by atoms with E-state index in [1.54, 1.807) is 12.1 Å². The van der Waals surface area contributed by atoms with Gasteiger partial charge in [0.1, 0.15) is 0 Å². The van der Waals surface area contributed by atoms with Crippen LogP contribution in [0.4, 0.5) is 4.39 Å². The van der Waals surface area contributed by atoms with Crippen molar-refractivity contribution in [2.75, 3.05) is 0 Å². The van der Waals surface area contributed by atoms with Gasteiger partial charge >= 0.3 is 40.0 Å². The molecule has 0 amide bonds. The van der Waals surface area contributed by atoms with Crippen LogP contribution in [0.3, 0.4) is 0 Å². The van der Waals surface area contributed by atoms with Crippen LogP contribution < -0.4 is 29.6 Å². The van der Waals surface area contributed by atoms with Gasteiger partial charge in [0.2, 0.25) is 0 Å². The maximum absolute atomic E-state index is 12.1. The monoisotopic (exact) mass is 230 g/mol. The molecule has 1 aromatic rings. The number of hydrogen-bond acceptors (Lipinski definition) is 2. The number of hydrogen-bond donors (Lipinski definition) is 2. The molecule has 0 fully saturated rings. The Balaban J connectivity index is 0. The minimum absolute atomic E-state index is 0. The fourth-order valence-electron chi connectivity index (χ4n) is 0.484. The summed E-state index contributed by atoms with van der Waals surface area (Å²) in [7, 11) is -4.67. The Bertz CT molecular complexity index is 319. The van der Waals surface area contributed by atoms with Crippen molar-refractivity contribution >= 4 is 10.4 Å². The molecule has 0 saturated heterocycles. The third-order valence-corrected chi connectivity index (χ3v) is 0.913. The van der Waals surface area contributed by atoms with Crippen LogP contribution in [0, 0.1) is 12.7 Å². The second-order valence-corrected chi connectivity index (χ2v) is 2.97. The summed E-state index contributed by atoms with van der Waals surface area (Å²) in [4.78, 5) is 0. The van der Waals surface area contributed by atoms with E-state index in [4.69, 9.17) is 17.5 Å². The molecule has 74 valence electrons. The van der Waals surface area contributed by atoms with Gasteiger partial charge in [0.15, 0.2) is 0 Å². The molecule has 0 atom stereocenters. The van der Waals surface area contributed by atoms with E-state index in [0.29, 0.717) is 0 Å². The largest absolute Gasteiger partial charge is 1.00 e.